The third kappa shape index (κ3) is 4.46. The van der Waals surface area contributed by atoms with E-state index in [-0.39, 0.29) is 17.7 Å². The first kappa shape index (κ1) is 21.8. The highest BCUT2D eigenvalue weighted by atomic mass is 16.2. The first-order valence-corrected chi connectivity index (χ1v) is 11.6. The summed E-state index contributed by atoms with van der Waals surface area (Å²) in [6, 6.07) is 2.06. The maximum absolute atomic E-state index is 12.9. The summed E-state index contributed by atoms with van der Waals surface area (Å²) in [6.07, 6.45) is 3.35. The molecule has 0 aliphatic carbocycles. The Labute approximate surface area is 184 Å². The molecule has 2 aliphatic rings. The van der Waals surface area contributed by atoms with Crippen LogP contribution in [0.5, 0.6) is 0 Å². The van der Waals surface area contributed by atoms with Gasteiger partial charge in [0.05, 0.1) is 5.69 Å². The second-order valence-electron chi connectivity index (χ2n) is 9.80. The minimum absolute atomic E-state index is 0.126. The Hall–Kier alpha value is -2.44. The molecule has 2 amide bonds. The number of fused-ring (bicyclic) bond motifs is 1. The summed E-state index contributed by atoms with van der Waals surface area (Å²) in [5, 5.41) is 4.85. The molecule has 31 heavy (non-hydrogen) atoms. The van der Waals surface area contributed by atoms with Crippen LogP contribution in [-0.4, -0.2) is 62.4 Å². The van der Waals surface area contributed by atoms with Crippen LogP contribution in [0.25, 0.3) is 5.65 Å². The lowest BCUT2D eigenvalue weighted by molar-refractivity contribution is -0.133. The zero-order valence-electron chi connectivity index (χ0n) is 19.5. The molecule has 4 heterocycles. The molecule has 7 nitrogen and oxygen atoms in total. The first-order valence-electron chi connectivity index (χ1n) is 11.6. The number of aryl methyl sites for hydroxylation is 2. The van der Waals surface area contributed by atoms with Gasteiger partial charge in [-0.05, 0) is 50.5 Å². The van der Waals surface area contributed by atoms with Crippen LogP contribution in [0.2, 0.25) is 0 Å². The van der Waals surface area contributed by atoms with E-state index in [0.29, 0.717) is 24.7 Å². The summed E-state index contributed by atoms with van der Waals surface area (Å²) in [6.45, 7) is 13.5. The van der Waals surface area contributed by atoms with E-state index < -0.39 is 0 Å². The Morgan fingerprint density at radius 1 is 1.10 bits per heavy atom. The van der Waals surface area contributed by atoms with Gasteiger partial charge in [0.1, 0.15) is 0 Å². The van der Waals surface area contributed by atoms with E-state index in [1.54, 1.807) is 6.92 Å². The molecule has 2 aromatic rings. The van der Waals surface area contributed by atoms with E-state index >= 15 is 0 Å². The van der Waals surface area contributed by atoms with Crippen molar-refractivity contribution in [2.45, 2.75) is 66.2 Å². The number of aromatic nitrogens is 3. The number of hydrogen-bond donors (Lipinski definition) is 0. The second-order valence-corrected chi connectivity index (χ2v) is 9.80. The lowest BCUT2D eigenvalue weighted by Crippen LogP contribution is -2.42. The molecule has 0 spiro atoms. The van der Waals surface area contributed by atoms with Gasteiger partial charge in [-0.1, -0.05) is 13.8 Å². The van der Waals surface area contributed by atoms with Crippen molar-refractivity contribution in [2.75, 3.05) is 26.2 Å². The minimum atomic E-state index is 0.126. The van der Waals surface area contributed by atoms with Crippen LogP contribution in [0.3, 0.4) is 0 Å². The fraction of sp³-hybridized carbons (Fsp3) is 0.667. The Balaban J connectivity index is 1.50. The average Bonchev–Trinajstić information content (AvgIpc) is 3.34. The zero-order chi connectivity index (χ0) is 22.3. The van der Waals surface area contributed by atoms with Crippen LogP contribution < -0.4 is 0 Å². The normalized spacial score (nSPS) is 24.2. The maximum Gasteiger partial charge on any atom is 0.222 e. The molecule has 0 radical (unpaired) electrons. The SMILES string of the molecule is CC(=O)N1CC[C@@H](c2cc3nc(C)c(CCC(=O)N4C[C@H](C)C[C@H](C)C4)c(C)n3n2)C1. The monoisotopic (exact) mass is 425 g/mol. The predicted octanol–water partition coefficient (Wildman–Crippen LogP) is 3.12. The molecule has 7 heteroatoms. The summed E-state index contributed by atoms with van der Waals surface area (Å²) in [7, 11) is 0. The molecule has 0 unspecified atom stereocenters. The van der Waals surface area contributed by atoms with Crippen molar-refractivity contribution < 1.29 is 9.59 Å². The van der Waals surface area contributed by atoms with E-state index in [0.717, 1.165) is 60.9 Å². The molecule has 0 aromatic carbocycles. The number of likely N-dealkylation sites (tertiary alicyclic amines) is 2. The maximum atomic E-state index is 12.9. The largest absolute Gasteiger partial charge is 0.342 e. The lowest BCUT2D eigenvalue weighted by atomic mass is 9.91. The molecule has 168 valence electrons. The molecule has 0 bridgehead atoms. The van der Waals surface area contributed by atoms with E-state index in [2.05, 4.69) is 26.8 Å². The molecule has 0 N–H and O–H groups in total. The van der Waals surface area contributed by atoms with Crippen molar-refractivity contribution in [1.29, 1.82) is 0 Å². The molecule has 2 aliphatic heterocycles. The summed E-state index contributed by atoms with van der Waals surface area (Å²) in [4.78, 5) is 33.3. The third-order valence-electron chi connectivity index (χ3n) is 7.05. The molecule has 2 aromatic heterocycles. The van der Waals surface area contributed by atoms with Crippen molar-refractivity contribution in [1.82, 2.24) is 24.4 Å². The second kappa shape index (κ2) is 8.60. The van der Waals surface area contributed by atoms with Gasteiger partial charge in [0.2, 0.25) is 11.8 Å². The highest BCUT2D eigenvalue weighted by Crippen LogP contribution is 2.28. The third-order valence-corrected chi connectivity index (χ3v) is 7.05. The van der Waals surface area contributed by atoms with Crippen LogP contribution in [-0.2, 0) is 16.0 Å². The van der Waals surface area contributed by atoms with Gasteiger partial charge < -0.3 is 9.80 Å². The van der Waals surface area contributed by atoms with Crippen molar-refractivity contribution in [2.24, 2.45) is 11.8 Å². The van der Waals surface area contributed by atoms with E-state index in [9.17, 15) is 9.59 Å². The topological polar surface area (TPSA) is 70.8 Å². The van der Waals surface area contributed by atoms with Crippen molar-refractivity contribution >= 4 is 17.5 Å². The standard InChI is InChI=1S/C24H35N5O2/c1-15-10-16(2)13-28(12-15)24(31)7-6-21-17(3)25-23-11-22(26-29(23)18(21)4)20-8-9-27(14-20)19(5)30/h11,15-16,20H,6-10,12-14H2,1-5H3/t15-,16+,20-/m1/s1. The summed E-state index contributed by atoms with van der Waals surface area (Å²) >= 11 is 0. The van der Waals surface area contributed by atoms with Gasteiger partial charge in [0.15, 0.2) is 5.65 Å². The van der Waals surface area contributed by atoms with Gasteiger partial charge in [-0.2, -0.15) is 5.10 Å². The van der Waals surface area contributed by atoms with Gasteiger partial charge in [0.25, 0.3) is 0 Å². The van der Waals surface area contributed by atoms with Crippen LogP contribution in [0, 0.1) is 25.7 Å². The zero-order valence-corrected chi connectivity index (χ0v) is 19.5. The van der Waals surface area contributed by atoms with Gasteiger partial charge in [-0.15, -0.1) is 0 Å². The Morgan fingerprint density at radius 3 is 2.45 bits per heavy atom. The molecule has 2 saturated heterocycles. The Kier molecular flexibility index (Phi) is 6.04. The number of nitrogens with zero attached hydrogens (tertiary/aromatic N) is 5. The molecular weight excluding hydrogens is 390 g/mol. The molecule has 4 rings (SSSR count). The number of rotatable bonds is 4. The number of carbonyl (C=O) groups is 2. The van der Waals surface area contributed by atoms with E-state index in [4.69, 9.17) is 10.1 Å². The lowest BCUT2D eigenvalue weighted by Gasteiger charge is -2.35. The number of amides is 2. The van der Waals surface area contributed by atoms with Gasteiger partial charge in [0, 0.05) is 62.9 Å². The molecule has 3 atom stereocenters. The minimum Gasteiger partial charge on any atom is -0.342 e. The Bertz CT molecular complexity index is 988. The quantitative estimate of drug-likeness (QED) is 0.755. The molecule has 2 fully saturated rings. The van der Waals surface area contributed by atoms with E-state index in [1.165, 1.54) is 6.42 Å². The predicted molar refractivity (Wildman–Crippen MR) is 120 cm³/mol. The summed E-state index contributed by atoms with van der Waals surface area (Å²) < 4.78 is 1.92. The highest BCUT2D eigenvalue weighted by Gasteiger charge is 2.28. The van der Waals surface area contributed by atoms with Crippen molar-refractivity contribution in [3.05, 3.63) is 28.7 Å². The number of piperidine rings is 1. The molecule has 0 saturated carbocycles. The fourth-order valence-corrected chi connectivity index (χ4v) is 5.45. The van der Waals surface area contributed by atoms with Crippen molar-refractivity contribution in [3.8, 4) is 0 Å². The van der Waals surface area contributed by atoms with Crippen LogP contribution in [0.4, 0.5) is 0 Å². The van der Waals surface area contributed by atoms with Gasteiger partial charge in [-0.3, -0.25) is 9.59 Å². The Morgan fingerprint density at radius 2 is 1.81 bits per heavy atom. The number of carbonyl (C=O) groups excluding carboxylic acids is 2. The van der Waals surface area contributed by atoms with E-state index in [1.807, 2.05) is 21.2 Å². The van der Waals surface area contributed by atoms with Crippen LogP contribution >= 0.6 is 0 Å². The summed E-state index contributed by atoms with van der Waals surface area (Å²) in [5.41, 5.74) is 5.00. The van der Waals surface area contributed by atoms with Crippen LogP contribution in [0.15, 0.2) is 6.07 Å². The molecular formula is C24H35N5O2. The number of hydrogen-bond acceptors (Lipinski definition) is 4. The van der Waals surface area contributed by atoms with Gasteiger partial charge >= 0.3 is 0 Å². The van der Waals surface area contributed by atoms with Crippen molar-refractivity contribution in [3.63, 3.8) is 0 Å². The first-order chi connectivity index (χ1) is 14.7. The highest BCUT2D eigenvalue weighted by molar-refractivity contribution is 5.76. The smallest absolute Gasteiger partial charge is 0.222 e. The average molecular weight is 426 g/mol. The van der Waals surface area contributed by atoms with Crippen LogP contribution in [0.1, 0.15) is 68.6 Å². The fourth-order valence-electron chi connectivity index (χ4n) is 5.45. The van der Waals surface area contributed by atoms with Gasteiger partial charge in [-0.25, -0.2) is 9.50 Å². The summed E-state index contributed by atoms with van der Waals surface area (Å²) in [5.74, 6) is 1.78.